The zero-order valence-electron chi connectivity index (χ0n) is 10.6. The van der Waals surface area contributed by atoms with E-state index >= 15 is 0 Å². The lowest BCUT2D eigenvalue weighted by atomic mass is 10.0. The van der Waals surface area contributed by atoms with Gasteiger partial charge in [0.15, 0.2) is 0 Å². The van der Waals surface area contributed by atoms with E-state index in [9.17, 15) is 4.79 Å². The molecule has 2 rings (SSSR count). The highest BCUT2D eigenvalue weighted by Crippen LogP contribution is 2.23. The second-order valence-corrected chi connectivity index (χ2v) is 5.55. The van der Waals surface area contributed by atoms with Crippen molar-refractivity contribution in [1.29, 1.82) is 0 Å². The summed E-state index contributed by atoms with van der Waals surface area (Å²) in [4.78, 5) is 16.4. The number of likely N-dealkylation sites (tertiary alicyclic amines) is 1. The molecule has 0 aromatic carbocycles. The SMILES string of the molecule is CN1CCCC(N(C)CC2CCCC2=O)C1. The molecule has 1 saturated heterocycles. The zero-order chi connectivity index (χ0) is 11.5. The summed E-state index contributed by atoms with van der Waals surface area (Å²) >= 11 is 0. The van der Waals surface area contributed by atoms with Gasteiger partial charge in [0.25, 0.3) is 0 Å². The van der Waals surface area contributed by atoms with E-state index in [4.69, 9.17) is 0 Å². The Morgan fingerprint density at radius 1 is 1.38 bits per heavy atom. The second kappa shape index (κ2) is 5.28. The highest BCUT2D eigenvalue weighted by molar-refractivity contribution is 5.83. The van der Waals surface area contributed by atoms with Gasteiger partial charge in [-0.05, 0) is 46.3 Å². The maximum absolute atomic E-state index is 11.6. The van der Waals surface area contributed by atoms with Crippen LogP contribution >= 0.6 is 0 Å². The first-order valence-electron chi connectivity index (χ1n) is 6.58. The third-order valence-electron chi connectivity index (χ3n) is 4.16. The summed E-state index contributed by atoms with van der Waals surface area (Å²) in [6, 6.07) is 0.659. The molecule has 92 valence electrons. The average molecular weight is 224 g/mol. The number of piperidine rings is 1. The molecule has 1 aliphatic heterocycles. The van der Waals surface area contributed by atoms with Crippen LogP contribution < -0.4 is 0 Å². The first-order valence-corrected chi connectivity index (χ1v) is 6.58. The Kier molecular flexibility index (Phi) is 3.98. The minimum absolute atomic E-state index is 0.331. The summed E-state index contributed by atoms with van der Waals surface area (Å²) in [6.07, 6.45) is 5.64. The van der Waals surface area contributed by atoms with Crippen LogP contribution in [0.1, 0.15) is 32.1 Å². The number of nitrogens with zero attached hydrogens (tertiary/aromatic N) is 2. The largest absolute Gasteiger partial charge is 0.305 e. The molecule has 16 heavy (non-hydrogen) atoms. The molecule has 0 radical (unpaired) electrons. The van der Waals surface area contributed by atoms with Crippen molar-refractivity contribution in [2.45, 2.75) is 38.1 Å². The van der Waals surface area contributed by atoms with Crippen molar-refractivity contribution in [1.82, 2.24) is 9.80 Å². The highest BCUT2D eigenvalue weighted by Gasteiger charge is 2.28. The van der Waals surface area contributed by atoms with Gasteiger partial charge in [0.05, 0.1) is 0 Å². The smallest absolute Gasteiger partial charge is 0.137 e. The lowest BCUT2D eigenvalue weighted by Gasteiger charge is -2.36. The van der Waals surface area contributed by atoms with Gasteiger partial charge in [-0.25, -0.2) is 0 Å². The molecule has 1 heterocycles. The van der Waals surface area contributed by atoms with E-state index in [1.54, 1.807) is 0 Å². The molecule has 0 aromatic rings. The fourth-order valence-electron chi connectivity index (χ4n) is 3.08. The Hall–Kier alpha value is -0.410. The summed E-state index contributed by atoms with van der Waals surface area (Å²) in [5.74, 6) is 0.827. The molecular formula is C13H24N2O. The van der Waals surface area contributed by atoms with Crippen molar-refractivity contribution < 1.29 is 4.79 Å². The molecule has 2 aliphatic rings. The van der Waals surface area contributed by atoms with Crippen LogP contribution in [0.25, 0.3) is 0 Å². The summed E-state index contributed by atoms with van der Waals surface area (Å²) in [7, 11) is 4.39. The Balaban J connectivity index is 1.82. The lowest BCUT2D eigenvalue weighted by molar-refractivity contribution is -0.121. The molecule has 2 fully saturated rings. The minimum Gasteiger partial charge on any atom is -0.305 e. The third-order valence-corrected chi connectivity index (χ3v) is 4.16. The van der Waals surface area contributed by atoms with Crippen LogP contribution in [0.15, 0.2) is 0 Å². The molecule has 2 unspecified atom stereocenters. The van der Waals surface area contributed by atoms with E-state index in [1.165, 1.54) is 19.4 Å². The van der Waals surface area contributed by atoms with E-state index in [1.807, 2.05) is 0 Å². The van der Waals surface area contributed by atoms with E-state index in [-0.39, 0.29) is 0 Å². The maximum Gasteiger partial charge on any atom is 0.137 e. The van der Waals surface area contributed by atoms with Gasteiger partial charge in [-0.2, -0.15) is 0 Å². The van der Waals surface area contributed by atoms with Crippen LogP contribution in [0.4, 0.5) is 0 Å². The number of rotatable bonds is 3. The molecule has 0 amide bonds. The molecule has 0 bridgehead atoms. The molecule has 1 aliphatic carbocycles. The van der Waals surface area contributed by atoms with Crippen molar-refractivity contribution >= 4 is 5.78 Å². The first kappa shape index (κ1) is 12.1. The Bertz CT molecular complexity index is 254. The van der Waals surface area contributed by atoms with Crippen molar-refractivity contribution in [2.75, 3.05) is 33.7 Å². The van der Waals surface area contributed by atoms with Gasteiger partial charge in [0.2, 0.25) is 0 Å². The van der Waals surface area contributed by atoms with Crippen molar-refractivity contribution in [3.8, 4) is 0 Å². The average Bonchev–Trinajstić information content (AvgIpc) is 2.64. The van der Waals surface area contributed by atoms with Crippen LogP contribution in [0.2, 0.25) is 0 Å². The Morgan fingerprint density at radius 2 is 2.19 bits per heavy atom. The van der Waals surface area contributed by atoms with E-state index < -0.39 is 0 Å². The summed E-state index contributed by atoms with van der Waals surface area (Å²) in [5, 5.41) is 0. The fraction of sp³-hybridized carbons (Fsp3) is 0.923. The summed E-state index contributed by atoms with van der Waals surface area (Å²) in [5.41, 5.74) is 0. The van der Waals surface area contributed by atoms with E-state index in [0.29, 0.717) is 17.7 Å². The molecule has 3 nitrogen and oxygen atoms in total. The van der Waals surface area contributed by atoms with Crippen LogP contribution in [0.5, 0.6) is 0 Å². The van der Waals surface area contributed by atoms with Crippen LogP contribution in [0.3, 0.4) is 0 Å². The van der Waals surface area contributed by atoms with Crippen LogP contribution in [-0.4, -0.2) is 55.4 Å². The number of hydrogen-bond acceptors (Lipinski definition) is 3. The van der Waals surface area contributed by atoms with Gasteiger partial charge < -0.3 is 9.80 Å². The predicted molar refractivity (Wildman–Crippen MR) is 65.5 cm³/mol. The molecular weight excluding hydrogens is 200 g/mol. The predicted octanol–water partition coefficient (Wildman–Crippen LogP) is 1.38. The number of carbonyl (C=O) groups is 1. The monoisotopic (exact) mass is 224 g/mol. The van der Waals surface area contributed by atoms with Gasteiger partial charge >= 0.3 is 0 Å². The number of ketones is 1. The van der Waals surface area contributed by atoms with Gasteiger partial charge in [0.1, 0.15) is 5.78 Å². The molecule has 2 atom stereocenters. The number of hydrogen-bond donors (Lipinski definition) is 0. The zero-order valence-corrected chi connectivity index (χ0v) is 10.6. The molecule has 0 aromatic heterocycles. The van der Waals surface area contributed by atoms with Crippen LogP contribution in [-0.2, 0) is 4.79 Å². The lowest BCUT2D eigenvalue weighted by Crippen LogP contribution is -2.46. The maximum atomic E-state index is 11.6. The molecule has 3 heteroatoms. The first-order chi connectivity index (χ1) is 7.66. The number of carbonyl (C=O) groups excluding carboxylic acids is 1. The van der Waals surface area contributed by atoms with Crippen molar-refractivity contribution in [3.05, 3.63) is 0 Å². The molecule has 0 spiro atoms. The summed E-state index contributed by atoms with van der Waals surface area (Å²) < 4.78 is 0. The third kappa shape index (κ3) is 2.83. The highest BCUT2D eigenvalue weighted by atomic mass is 16.1. The van der Waals surface area contributed by atoms with Gasteiger partial charge in [-0.3, -0.25) is 4.79 Å². The van der Waals surface area contributed by atoms with Crippen LogP contribution in [0, 0.1) is 5.92 Å². The van der Waals surface area contributed by atoms with Crippen molar-refractivity contribution in [3.63, 3.8) is 0 Å². The fourth-order valence-corrected chi connectivity index (χ4v) is 3.08. The second-order valence-electron chi connectivity index (χ2n) is 5.55. The molecule has 0 N–H and O–H groups in total. The standard InChI is InChI=1S/C13H24N2O/c1-14-8-4-6-12(10-14)15(2)9-11-5-3-7-13(11)16/h11-12H,3-10H2,1-2H3. The normalized spacial score (nSPS) is 32.6. The van der Waals surface area contributed by atoms with Gasteiger partial charge in [-0.15, -0.1) is 0 Å². The topological polar surface area (TPSA) is 23.6 Å². The summed E-state index contributed by atoms with van der Waals surface area (Å²) in [6.45, 7) is 3.38. The Morgan fingerprint density at radius 3 is 2.81 bits per heavy atom. The van der Waals surface area contributed by atoms with Gasteiger partial charge in [-0.1, -0.05) is 0 Å². The molecule has 1 saturated carbocycles. The van der Waals surface area contributed by atoms with Crippen molar-refractivity contribution in [2.24, 2.45) is 5.92 Å². The number of Topliss-reactive ketones (excluding diaryl/α,β-unsaturated/α-hetero) is 1. The van der Waals surface area contributed by atoms with E-state index in [0.717, 1.165) is 32.4 Å². The Labute approximate surface area is 98.8 Å². The minimum atomic E-state index is 0.331. The quantitative estimate of drug-likeness (QED) is 0.723. The van der Waals surface area contributed by atoms with Gasteiger partial charge in [0, 0.05) is 31.5 Å². The van der Waals surface area contributed by atoms with E-state index in [2.05, 4.69) is 23.9 Å². The number of likely N-dealkylation sites (N-methyl/N-ethyl adjacent to an activating group) is 2.